The highest BCUT2D eigenvalue weighted by molar-refractivity contribution is 6.05. The van der Waals surface area contributed by atoms with Crippen molar-refractivity contribution >= 4 is 5.78 Å². The van der Waals surface area contributed by atoms with E-state index in [1.54, 1.807) is 0 Å². The molecule has 0 aromatic heterocycles. The number of hydrogen-bond donors (Lipinski definition) is 0. The Morgan fingerprint density at radius 3 is 2.24 bits per heavy atom. The predicted molar refractivity (Wildman–Crippen MR) is 59.3 cm³/mol. The molecule has 0 radical (unpaired) electrons. The molecule has 4 heteroatoms. The lowest BCUT2D eigenvalue weighted by Crippen LogP contribution is -2.04. The number of carbonyl (C=O) groups is 1. The lowest BCUT2D eigenvalue weighted by Gasteiger charge is -2.03. The van der Waals surface area contributed by atoms with E-state index in [4.69, 9.17) is 0 Å². The number of carbonyl (C=O) groups excluding carboxylic acids is 1. The van der Waals surface area contributed by atoms with Crippen LogP contribution in [-0.4, -0.2) is 5.78 Å². The number of hydrogen-bond acceptors (Lipinski definition) is 1. The van der Waals surface area contributed by atoms with Crippen LogP contribution >= 0.6 is 0 Å². The molecule has 0 saturated carbocycles. The second-order valence-electron chi connectivity index (χ2n) is 3.60. The van der Waals surface area contributed by atoms with E-state index < -0.39 is 28.8 Å². The number of halogens is 3. The van der Waals surface area contributed by atoms with Gasteiger partial charge >= 0.3 is 0 Å². The summed E-state index contributed by atoms with van der Waals surface area (Å²) < 4.78 is 38.9. The molecule has 0 N–H and O–H groups in total. The van der Waals surface area contributed by atoms with Crippen LogP contribution in [0.2, 0.25) is 0 Å². The summed E-state index contributed by atoms with van der Waals surface area (Å²) in [4.78, 5) is 11.7. The first-order valence-corrected chi connectivity index (χ1v) is 5.38. The quantitative estimate of drug-likeness (QED) is 0.442. The van der Waals surface area contributed by atoms with Crippen molar-refractivity contribution < 1.29 is 18.0 Å². The Bertz CT molecular complexity index is 458. The predicted octanol–water partition coefficient (Wildman–Crippen LogP) is 4.03. The smallest absolute Gasteiger partial charge is 0.195 e. The fourth-order valence-corrected chi connectivity index (χ4v) is 1.43. The van der Waals surface area contributed by atoms with Crippen molar-refractivity contribution in [3.63, 3.8) is 0 Å². The Kier molecular flexibility index (Phi) is 4.49. The minimum Gasteiger partial charge on any atom is -0.289 e. The zero-order valence-corrected chi connectivity index (χ0v) is 9.69. The minimum absolute atomic E-state index is 0.441. The second-order valence-corrected chi connectivity index (χ2v) is 3.60. The van der Waals surface area contributed by atoms with Crippen LogP contribution in [0.1, 0.15) is 37.0 Å². The molecule has 0 aliphatic rings. The van der Waals surface area contributed by atoms with E-state index in [9.17, 15) is 18.0 Å². The van der Waals surface area contributed by atoms with E-state index in [1.807, 2.05) is 13.8 Å². The highest BCUT2D eigenvalue weighted by Gasteiger charge is 2.17. The molecule has 0 spiro atoms. The van der Waals surface area contributed by atoms with Gasteiger partial charge in [0.25, 0.3) is 0 Å². The molecule has 0 aliphatic heterocycles. The first kappa shape index (κ1) is 13.5. The molecular formula is C13H13F3O. The Morgan fingerprint density at radius 2 is 1.71 bits per heavy atom. The molecule has 1 nitrogen and oxygen atoms in total. The summed E-state index contributed by atoms with van der Waals surface area (Å²) in [5.41, 5.74) is 0.391. The van der Waals surface area contributed by atoms with Gasteiger partial charge in [0.2, 0.25) is 0 Å². The zero-order chi connectivity index (χ0) is 13.0. The molecule has 0 bridgehead atoms. The average molecular weight is 242 g/mol. The van der Waals surface area contributed by atoms with Gasteiger partial charge in [-0.1, -0.05) is 19.4 Å². The van der Waals surface area contributed by atoms with Crippen LogP contribution in [-0.2, 0) is 0 Å². The van der Waals surface area contributed by atoms with Crippen molar-refractivity contribution in [3.8, 4) is 0 Å². The fourth-order valence-electron chi connectivity index (χ4n) is 1.43. The lowest BCUT2D eigenvalue weighted by molar-refractivity contribution is 0.104. The molecule has 17 heavy (non-hydrogen) atoms. The van der Waals surface area contributed by atoms with Crippen molar-refractivity contribution in [1.29, 1.82) is 0 Å². The molecule has 0 amide bonds. The number of ketones is 1. The van der Waals surface area contributed by atoms with Gasteiger partial charge in [-0.3, -0.25) is 4.79 Å². The van der Waals surface area contributed by atoms with Gasteiger partial charge in [0.1, 0.15) is 0 Å². The SMILES string of the molecule is CCC(=CC(=O)c1ccc(F)c(F)c1F)CC. The van der Waals surface area contributed by atoms with Crippen LogP contribution in [0.5, 0.6) is 0 Å². The van der Waals surface area contributed by atoms with Crippen LogP contribution in [0.25, 0.3) is 0 Å². The van der Waals surface area contributed by atoms with Gasteiger partial charge in [0.05, 0.1) is 5.56 Å². The van der Waals surface area contributed by atoms with Gasteiger partial charge in [-0.25, -0.2) is 13.2 Å². The number of benzene rings is 1. The van der Waals surface area contributed by atoms with Gasteiger partial charge in [0, 0.05) is 0 Å². The highest BCUT2D eigenvalue weighted by Crippen LogP contribution is 2.17. The van der Waals surface area contributed by atoms with Crippen molar-refractivity contribution in [2.24, 2.45) is 0 Å². The van der Waals surface area contributed by atoms with Crippen LogP contribution in [0.3, 0.4) is 0 Å². The molecule has 0 unspecified atom stereocenters. The third-order valence-corrected chi connectivity index (χ3v) is 2.54. The summed E-state index contributed by atoms with van der Waals surface area (Å²) in [7, 11) is 0. The Balaban J connectivity index is 3.14. The summed E-state index contributed by atoms with van der Waals surface area (Å²) in [6, 6.07) is 1.70. The second kappa shape index (κ2) is 5.66. The largest absolute Gasteiger partial charge is 0.289 e. The number of rotatable bonds is 4. The summed E-state index contributed by atoms with van der Waals surface area (Å²) in [6.07, 6.45) is 2.59. The van der Waals surface area contributed by atoms with Crippen LogP contribution in [0.15, 0.2) is 23.8 Å². The Morgan fingerprint density at radius 1 is 1.12 bits per heavy atom. The molecule has 1 rings (SSSR count). The minimum atomic E-state index is -1.61. The van der Waals surface area contributed by atoms with Gasteiger partial charge in [-0.15, -0.1) is 0 Å². The molecular weight excluding hydrogens is 229 g/mol. The molecule has 1 aromatic carbocycles. The maximum atomic E-state index is 13.3. The monoisotopic (exact) mass is 242 g/mol. The molecule has 0 fully saturated rings. The van der Waals surface area contributed by atoms with Crippen LogP contribution in [0.4, 0.5) is 13.2 Å². The van der Waals surface area contributed by atoms with E-state index in [0.717, 1.165) is 17.7 Å². The molecule has 1 aromatic rings. The summed E-state index contributed by atoms with van der Waals surface area (Å²) in [5, 5.41) is 0. The van der Waals surface area contributed by atoms with E-state index in [2.05, 4.69) is 0 Å². The summed E-state index contributed by atoms with van der Waals surface area (Å²) in [5.74, 6) is -4.98. The summed E-state index contributed by atoms with van der Waals surface area (Å²) in [6.45, 7) is 3.73. The summed E-state index contributed by atoms with van der Waals surface area (Å²) >= 11 is 0. The van der Waals surface area contributed by atoms with Crippen molar-refractivity contribution in [1.82, 2.24) is 0 Å². The van der Waals surface area contributed by atoms with E-state index in [-0.39, 0.29) is 0 Å². The first-order chi connectivity index (χ1) is 8.01. The Labute approximate surface area is 98.0 Å². The maximum absolute atomic E-state index is 13.3. The van der Waals surface area contributed by atoms with Gasteiger partial charge in [0.15, 0.2) is 23.2 Å². The van der Waals surface area contributed by atoms with Crippen molar-refractivity contribution in [2.45, 2.75) is 26.7 Å². The first-order valence-electron chi connectivity index (χ1n) is 5.38. The molecule has 0 heterocycles. The third kappa shape index (κ3) is 2.96. The molecule has 92 valence electrons. The van der Waals surface area contributed by atoms with E-state index >= 15 is 0 Å². The van der Waals surface area contributed by atoms with E-state index in [1.165, 1.54) is 6.08 Å². The maximum Gasteiger partial charge on any atom is 0.195 e. The third-order valence-electron chi connectivity index (χ3n) is 2.54. The standard InChI is InChI=1S/C13H13F3O/c1-3-8(4-2)7-11(17)9-5-6-10(14)13(16)12(9)15/h5-7H,3-4H2,1-2H3. The zero-order valence-electron chi connectivity index (χ0n) is 9.69. The topological polar surface area (TPSA) is 17.1 Å². The number of allylic oxidation sites excluding steroid dienone is 2. The van der Waals surface area contributed by atoms with Crippen molar-refractivity contribution in [3.05, 3.63) is 46.8 Å². The van der Waals surface area contributed by atoms with Gasteiger partial charge in [-0.05, 0) is 31.1 Å². The van der Waals surface area contributed by atoms with Crippen LogP contribution < -0.4 is 0 Å². The van der Waals surface area contributed by atoms with E-state index in [0.29, 0.717) is 12.8 Å². The van der Waals surface area contributed by atoms with Gasteiger partial charge in [-0.2, -0.15) is 0 Å². The molecule has 0 atom stereocenters. The lowest BCUT2D eigenvalue weighted by atomic mass is 10.0. The highest BCUT2D eigenvalue weighted by atomic mass is 19.2. The average Bonchev–Trinajstić information content (AvgIpc) is 2.32. The van der Waals surface area contributed by atoms with Gasteiger partial charge < -0.3 is 0 Å². The normalized spacial score (nSPS) is 10.2. The Hall–Kier alpha value is -1.58. The van der Waals surface area contributed by atoms with Crippen LogP contribution in [0, 0.1) is 17.5 Å². The van der Waals surface area contributed by atoms with Crippen molar-refractivity contribution in [2.75, 3.05) is 0 Å². The fraction of sp³-hybridized carbons (Fsp3) is 0.308. The molecule has 0 aliphatic carbocycles. The molecule has 0 saturated heterocycles.